The van der Waals surface area contributed by atoms with Gasteiger partial charge in [-0.1, -0.05) is 24.3 Å². The summed E-state index contributed by atoms with van der Waals surface area (Å²) in [4.78, 5) is 42.7. The highest BCUT2D eigenvalue weighted by atomic mass is 16.3. The number of carbonyl (C=O) groups excluding carboxylic acids is 2. The van der Waals surface area contributed by atoms with E-state index in [4.69, 9.17) is 4.42 Å². The largest absolute Gasteiger partial charge is 0.450 e. The van der Waals surface area contributed by atoms with Gasteiger partial charge in [0.05, 0.1) is 10.9 Å². The molecule has 6 heteroatoms. The van der Waals surface area contributed by atoms with E-state index in [1.807, 2.05) is 25.1 Å². The number of carbonyl (C=O) groups is 2. The Kier molecular flexibility index (Phi) is 2.84. The van der Waals surface area contributed by atoms with Gasteiger partial charge in [0.2, 0.25) is 5.76 Å². The number of rotatable bonds is 0. The highest BCUT2D eigenvalue weighted by molar-refractivity contribution is 6.16. The number of hydrogen-bond acceptors (Lipinski definition) is 4. The zero-order chi connectivity index (χ0) is 19.1. The topological polar surface area (TPSA) is 70.8 Å². The van der Waals surface area contributed by atoms with Crippen LogP contribution in [-0.4, -0.2) is 30.8 Å². The van der Waals surface area contributed by atoms with Crippen molar-refractivity contribution < 1.29 is 14.0 Å². The molecule has 0 unspecified atom stereocenters. The summed E-state index contributed by atoms with van der Waals surface area (Å²) in [5, 5.41) is 0.363. The number of para-hydroxylation sites is 1. The Morgan fingerprint density at radius 1 is 1.00 bits per heavy atom. The molecule has 1 aromatic heterocycles. The number of benzene rings is 2. The molecular formula is C21H16N2O4. The minimum absolute atomic E-state index is 0.0564. The van der Waals surface area contributed by atoms with Crippen molar-refractivity contribution in [1.29, 1.82) is 0 Å². The number of fused-ring (bicyclic) bond motifs is 5. The zero-order valence-electron chi connectivity index (χ0n) is 15.1. The molecule has 0 aliphatic carbocycles. The third-order valence-electron chi connectivity index (χ3n) is 5.68. The van der Waals surface area contributed by atoms with E-state index in [0.29, 0.717) is 22.2 Å². The van der Waals surface area contributed by atoms with Crippen LogP contribution in [0, 0.1) is 6.92 Å². The van der Waals surface area contributed by atoms with Gasteiger partial charge in [-0.15, -0.1) is 0 Å². The fourth-order valence-electron chi connectivity index (χ4n) is 4.36. The second-order valence-corrected chi connectivity index (χ2v) is 7.09. The molecule has 0 bridgehead atoms. The van der Waals surface area contributed by atoms with E-state index >= 15 is 0 Å². The van der Waals surface area contributed by atoms with Crippen LogP contribution in [0.2, 0.25) is 0 Å². The van der Waals surface area contributed by atoms with Crippen molar-refractivity contribution in [1.82, 2.24) is 4.90 Å². The number of likely N-dealkylation sites (N-methyl/N-ethyl adjacent to an activating group) is 2. The second kappa shape index (κ2) is 4.85. The first kappa shape index (κ1) is 15.8. The lowest BCUT2D eigenvalue weighted by molar-refractivity contribution is -0.125. The van der Waals surface area contributed by atoms with Crippen molar-refractivity contribution in [2.75, 3.05) is 19.0 Å². The summed E-state index contributed by atoms with van der Waals surface area (Å²) in [7, 11) is 3.19. The van der Waals surface area contributed by atoms with Crippen LogP contribution in [-0.2, 0) is 10.3 Å². The SMILES string of the molecule is Cc1ccc2c(=O)c3c(oc2c1)C(=O)N(C)[C@@]31C(=O)N(C)c2ccccc21. The molecule has 3 aromatic rings. The highest BCUT2D eigenvalue weighted by Gasteiger charge is 2.63. The summed E-state index contributed by atoms with van der Waals surface area (Å²) in [6, 6.07) is 12.4. The van der Waals surface area contributed by atoms with E-state index in [1.165, 1.54) is 9.80 Å². The van der Waals surface area contributed by atoms with Gasteiger partial charge in [0, 0.05) is 25.3 Å². The number of amides is 2. The van der Waals surface area contributed by atoms with Crippen molar-refractivity contribution in [3.05, 3.63) is 75.1 Å². The lowest BCUT2D eigenvalue weighted by Gasteiger charge is -2.30. The average Bonchev–Trinajstić information content (AvgIpc) is 3.02. The smallest absolute Gasteiger partial charge is 0.291 e. The molecular weight excluding hydrogens is 344 g/mol. The van der Waals surface area contributed by atoms with E-state index in [1.54, 1.807) is 38.4 Å². The van der Waals surface area contributed by atoms with Crippen LogP contribution in [0.4, 0.5) is 5.69 Å². The maximum absolute atomic E-state index is 13.4. The van der Waals surface area contributed by atoms with Gasteiger partial charge in [-0.25, -0.2) is 0 Å². The van der Waals surface area contributed by atoms with Gasteiger partial charge >= 0.3 is 0 Å². The summed E-state index contributed by atoms with van der Waals surface area (Å²) >= 11 is 0. The quantitative estimate of drug-likeness (QED) is 0.617. The molecule has 0 fully saturated rings. The van der Waals surface area contributed by atoms with Crippen molar-refractivity contribution in [2.24, 2.45) is 0 Å². The number of aryl methyl sites for hydroxylation is 1. The maximum atomic E-state index is 13.4. The van der Waals surface area contributed by atoms with Crippen LogP contribution in [0.1, 0.15) is 27.2 Å². The molecule has 0 N–H and O–H groups in total. The summed E-state index contributed by atoms with van der Waals surface area (Å²) < 4.78 is 5.87. The molecule has 0 saturated heterocycles. The molecule has 0 radical (unpaired) electrons. The van der Waals surface area contributed by atoms with Crippen molar-refractivity contribution in [2.45, 2.75) is 12.5 Å². The molecule has 1 spiro atoms. The molecule has 2 aliphatic rings. The lowest BCUT2D eigenvalue weighted by Crippen LogP contribution is -2.51. The first-order valence-electron chi connectivity index (χ1n) is 8.62. The van der Waals surface area contributed by atoms with Gasteiger partial charge in [-0.2, -0.15) is 0 Å². The number of nitrogens with zero attached hydrogens (tertiary/aromatic N) is 2. The summed E-state index contributed by atoms with van der Waals surface area (Å²) in [5.41, 5.74) is 0.836. The Bertz CT molecular complexity index is 1240. The molecule has 27 heavy (non-hydrogen) atoms. The maximum Gasteiger partial charge on any atom is 0.291 e. The Labute approximate surface area is 154 Å². The predicted molar refractivity (Wildman–Crippen MR) is 99.9 cm³/mol. The Morgan fingerprint density at radius 2 is 1.74 bits per heavy atom. The third kappa shape index (κ3) is 1.63. The number of anilines is 1. The first-order chi connectivity index (χ1) is 12.9. The number of hydrogen-bond donors (Lipinski definition) is 0. The molecule has 0 saturated carbocycles. The van der Waals surface area contributed by atoms with Gasteiger partial charge < -0.3 is 14.2 Å². The second-order valence-electron chi connectivity index (χ2n) is 7.09. The molecule has 5 rings (SSSR count). The van der Waals surface area contributed by atoms with E-state index in [-0.39, 0.29) is 22.7 Å². The normalized spacial score (nSPS) is 20.7. The first-order valence-corrected chi connectivity index (χ1v) is 8.62. The minimum Gasteiger partial charge on any atom is -0.450 e. The summed E-state index contributed by atoms with van der Waals surface area (Å²) in [6.45, 7) is 1.88. The van der Waals surface area contributed by atoms with Crippen LogP contribution in [0.3, 0.4) is 0 Å². The van der Waals surface area contributed by atoms with Crippen LogP contribution in [0.25, 0.3) is 11.0 Å². The van der Waals surface area contributed by atoms with Gasteiger partial charge in [0.25, 0.3) is 11.8 Å². The fourth-order valence-corrected chi connectivity index (χ4v) is 4.36. The molecule has 2 aliphatic heterocycles. The van der Waals surface area contributed by atoms with Crippen molar-refractivity contribution in [3.63, 3.8) is 0 Å². The molecule has 3 heterocycles. The molecule has 6 nitrogen and oxygen atoms in total. The monoisotopic (exact) mass is 360 g/mol. The van der Waals surface area contributed by atoms with E-state index in [9.17, 15) is 14.4 Å². The Morgan fingerprint density at radius 3 is 2.52 bits per heavy atom. The minimum atomic E-state index is -1.49. The molecule has 1 atom stereocenters. The van der Waals surface area contributed by atoms with E-state index in [2.05, 4.69) is 0 Å². The van der Waals surface area contributed by atoms with Gasteiger partial charge in [0.15, 0.2) is 11.0 Å². The molecule has 2 amide bonds. The third-order valence-corrected chi connectivity index (χ3v) is 5.68. The van der Waals surface area contributed by atoms with Crippen LogP contribution < -0.4 is 10.3 Å². The summed E-state index contributed by atoms with van der Waals surface area (Å²) in [6.07, 6.45) is 0. The average molecular weight is 360 g/mol. The van der Waals surface area contributed by atoms with Gasteiger partial charge in [-0.05, 0) is 30.7 Å². The van der Waals surface area contributed by atoms with Crippen LogP contribution in [0.15, 0.2) is 51.7 Å². The predicted octanol–water partition coefficient (Wildman–Crippen LogP) is 2.41. The van der Waals surface area contributed by atoms with E-state index in [0.717, 1.165) is 5.56 Å². The van der Waals surface area contributed by atoms with E-state index < -0.39 is 11.4 Å². The zero-order valence-corrected chi connectivity index (χ0v) is 15.1. The Balaban J connectivity index is 1.97. The Hall–Kier alpha value is -3.41. The summed E-state index contributed by atoms with van der Waals surface area (Å²) in [5.74, 6) is -0.861. The standard InChI is InChI=1S/C21H16N2O4/c1-11-8-9-12-15(10-11)27-18-16(17(12)24)21(23(3)19(18)25)13-6-4-5-7-14(13)22(2)20(21)26/h4-10H,1-3H3/t21-/m1/s1. The lowest BCUT2D eigenvalue weighted by atomic mass is 9.84. The fraction of sp³-hybridized carbons (Fsp3) is 0.190. The van der Waals surface area contributed by atoms with Crippen LogP contribution in [0.5, 0.6) is 0 Å². The van der Waals surface area contributed by atoms with Crippen LogP contribution >= 0.6 is 0 Å². The molecule has 134 valence electrons. The highest BCUT2D eigenvalue weighted by Crippen LogP contribution is 2.51. The molecule has 2 aromatic carbocycles. The van der Waals surface area contributed by atoms with Gasteiger partial charge in [0.1, 0.15) is 5.58 Å². The van der Waals surface area contributed by atoms with Crippen molar-refractivity contribution >= 4 is 28.5 Å². The van der Waals surface area contributed by atoms with Gasteiger partial charge in [-0.3, -0.25) is 14.4 Å². The van der Waals surface area contributed by atoms with Crippen molar-refractivity contribution in [3.8, 4) is 0 Å².